The number of hydrogen-bond donors (Lipinski definition) is 0. The van der Waals surface area contributed by atoms with E-state index in [4.69, 9.17) is 0 Å². The van der Waals surface area contributed by atoms with Crippen molar-refractivity contribution >= 4 is 0 Å². The molecular weight excluding hydrogens is 289 g/mol. The summed E-state index contributed by atoms with van der Waals surface area (Å²) >= 11 is 0. The van der Waals surface area contributed by atoms with E-state index in [0.717, 1.165) is 18.2 Å². The molecule has 2 rings (SSSR count). The Kier molecular flexibility index (Phi) is 3.45. The molecule has 0 saturated heterocycles. The molecule has 0 fully saturated rings. The van der Waals surface area contributed by atoms with E-state index in [9.17, 15) is 30.7 Å². The summed E-state index contributed by atoms with van der Waals surface area (Å²) in [6.07, 6.45) is -4.92. The van der Waals surface area contributed by atoms with Gasteiger partial charge in [-0.25, -0.2) is 17.6 Å². The molecule has 0 heterocycles. The van der Waals surface area contributed by atoms with E-state index in [0.29, 0.717) is 6.07 Å². The molecule has 0 amide bonds. The second kappa shape index (κ2) is 4.81. The van der Waals surface area contributed by atoms with Crippen molar-refractivity contribution in [2.75, 3.05) is 0 Å². The Morgan fingerprint density at radius 2 is 1.25 bits per heavy atom. The quantitative estimate of drug-likeness (QED) is 0.517. The van der Waals surface area contributed by atoms with Crippen LogP contribution in [0.4, 0.5) is 30.7 Å². The number of rotatable bonds is 1. The van der Waals surface area contributed by atoms with Gasteiger partial charge in [-0.3, -0.25) is 0 Å². The van der Waals surface area contributed by atoms with Gasteiger partial charge < -0.3 is 0 Å². The molecule has 2 aromatic carbocycles. The van der Waals surface area contributed by atoms with Crippen LogP contribution in [-0.2, 0) is 6.18 Å². The molecular formula is C13H5F7. The maximum absolute atomic E-state index is 13.5. The lowest BCUT2D eigenvalue weighted by atomic mass is 9.98. The SMILES string of the molecule is Fc1cc(F)c(F)c(-c2ccccc2C(F)(F)F)c1F. The first-order chi connectivity index (χ1) is 9.23. The molecule has 0 bridgehead atoms. The minimum Gasteiger partial charge on any atom is -0.204 e. The van der Waals surface area contributed by atoms with Gasteiger partial charge in [0.15, 0.2) is 23.3 Å². The van der Waals surface area contributed by atoms with Gasteiger partial charge in [0, 0.05) is 6.07 Å². The lowest BCUT2D eigenvalue weighted by Gasteiger charge is -2.14. The van der Waals surface area contributed by atoms with Crippen LogP contribution in [0, 0.1) is 23.3 Å². The van der Waals surface area contributed by atoms with E-state index >= 15 is 0 Å². The summed E-state index contributed by atoms with van der Waals surface area (Å²) in [4.78, 5) is 0. The lowest BCUT2D eigenvalue weighted by Crippen LogP contribution is -2.09. The Morgan fingerprint density at radius 1 is 0.750 bits per heavy atom. The molecule has 2 aromatic rings. The average Bonchev–Trinajstić information content (AvgIpc) is 2.36. The van der Waals surface area contributed by atoms with Gasteiger partial charge in [-0.05, 0) is 11.6 Å². The van der Waals surface area contributed by atoms with Crippen molar-refractivity contribution in [3.8, 4) is 11.1 Å². The molecule has 0 aliphatic heterocycles. The fourth-order valence-electron chi connectivity index (χ4n) is 1.76. The molecule has 0 N–H and O–H groups in total. The molecule has 0 radical (unpaired) electrons. The van der Waals surface area contributed by atoms with Gasteiger partial charge >= 0.3 is 6.18 Å². The Morgan fingerprint density at radius 3 is 1.75 bits per heavy atom. The highest BCUT2D eigenvalue weighted by Crippen LogP contribution is 2.39. The number of halogens is 7. The van der Waals surface area contributed by atoms with Crippen LogP contribution in [0.3, 0.4) is 0 Å². The highest BCUT2D eigenvalue weighted by molar-refractivity contribution is 5.69. The number of hydrogen-bond acceptors (Lipinski definition) is 0. The molecule has 0 atom stereocenters. The molecule has 0 aromatic heterocycles. The molecule has 0 aliphatic carbocycles. The van der Waals surface area contributed by atoms with Gasteiger partial charge in [0.2, 0.25) is 0 Å². The van der Waals surface area contributed by atoms with Gasteiger partial charge in [-0.15, -0.1) is 0 Å². The summed E-state index contributed by atoms with van der Waals surface area (Å²) in [5.41, 5.74) is -3.73. The van der Waals surface area contributed by atoms with Crippen LogP contribution in [-0.4, -0.2) is 0 Å². The molecule has 0 unspecified atom stereocenters. The normalized spacial score (nSPS) is 11.8. The molecule has 0 nitrogen and oxygen atoms in total. The predicted molar refractivity (Wildman–Crippen MR) is 56.7 cm³/mol. The van der Waals surface area contributed by atoms with Crippen LogP contribution in [0.2, 0.25) is 0 Å². The Labute approximate surface area is 108 Å². The van der Waals surface area contributed by atoms with Gasteiger partial charge in [0.25, 0.3) is 0 Å². The lowest BCUT2D eigenvalue weighted by molar-refractivity contribution is -0.137. The van der Waals surface area contributed by atoms with Gasteiger partial charge in [0.1, 0.15) is 0 Å². The number of benzene rings is 2. The largest absolute Gasteiger partial charge is 0.417 e. The maximum Gasteiger partial charge on any atom is 0.417 e. The third-order valence-corrected chi connectivity index (χ3v) is 2.61. The summed E-state index contributed by atoms with van der Waals surface area (Å²) in [6, 6.07) is 3.31. The van der Waals surface area contributed by atoms with Crippen molar-refractivity contribution in [1.29, 1.82) is 0 Å². The van der Waals surface area contributed by atoms with Crippen LogP contribution in [0.1, 0.15) is 5.56 Å². The Hall–Kier alpha value is -2.05. The van der Waals surface area contributed by atoms with Crippen LogP contribution < -0.4 is 0 Å². The first kappa shape index (κ1) is 14.4. The monoisotopic (exact) mass is 294 g/mol. The molecule has 0 saturated carbocycles. The van der Waals surface area contributed by atoms with Crippen molar-refractivity contribution in [2.24, 2.45) is 0 Å². The van der Waals surface area contributed by atoms with E-state index in [2.05, 4.69) is 0 Å². The molecule has 7 heteroatoms. The molecule has 0 aliphatic rings. The third-order valence-electron chi connectivity index (χ3n) is 2.61. The third kappa shape index (κ3) is 2.35. The first-order valence-corrected chi connectivity index (χ1v) is 5.23. The van der Waals surface area contributed by atoms with E-state index in [1.165, 1.54) is 0 Å². The summed E-state index contributed by atoms with van der Waals surface area (Å²) < 4.78 is 91.5. The van der Waals surface area contributed by atoms with E-state index in [-0.39, 0.29) is 6.07 Å². The highest BCUT2D eigenvalue weighted by Gasteiger charge is 2.35. The van der Waals surface area contributed by atoms with Crippen LogP contribution in [0.15, 0.2) is 30.3 Å². The average molecular weight is 294 g/mol. The zero-order chi connectivity index (χ0) is 15.1. The van der Waals surface area contributed by atoms with Crippen molar-refractivity contribution in [1.82, 2.24) is 0 Å². The smallest absolute Gasteiger partial charge is 0.204 e. The second-order valence-electron chi connectivity index (χ2n) is 3.89. The van der Waals surface area contributed by atoms with Crippen molar-refractivity contribution in [2.45, 2.75) is 6.18 Å². The van der Waals surface area contributed by atoms with E-state index < -0.39 is 46.1 Å². The summed E-state index contributed by atoms with van der Waals surface area (Å²) in [6.45, 7) is 0. The maximum atomic E-state index is 13.5. The number of alkyl halides is 3. The van der Waals surface area contributed by atoms with Crippen LogP contribution in [0.25, 0.3) is 11.1 Å². The first-order valence-electron chi connectivity index (χ1n) is 5.23. The van der Waals surface area contributed by atoms with Crippen molar-refractivity contribution < 1.29 is 30.7 Å². The highest BCUT2D eigenvalue weighted by atomic mass is 19.4. The summed E-state index contributed by atoms with van der Waals surface area (Å²) in [7, 11) is 0. The summed E-state index contributed by atoms with van der Waals surface area (Å²) in [5.74, 6) is -7.28. The predicted octanol–water partition coefficient (Wildman–Crippen LogP) is 4.93. The standard InChI is InChI=1S/C13H5F7/c14-8-5-9(15)12(17)10(11(8)16)6-3-1-2-4-7(6)13(18,19)20/h1-5H. The minimum atomic E-state index is -4.92. The molecule has 20 heavy (non-hydrogen) atoms. The van der Waals surface area contributed by atoms with Gasteiger partial charge in [-0.2, -0.15) is 13.2 Å². The molecule has 106 valence electrons. The zero-order valence-electron chi connectivity index (χ0n) is 9.53. The van der Waals surface area contributed by atoms with Gasteiger partial charge in [-0.1, -0.05) is 18.2 Å². The Bertz CT molecular complexity index is 632. The van der Waals surface area contributed by atoms with Crippen molar-refractivity contribution in [3.05, 3.63) is 59.2 Å². The second-order valence-corrected chi connectivity index (χ2v) is 3.89. The topological polar surface area (TPSA) is 0 Å². The van der Waals surface area contributed by atoms with Crippen molar-refractivity contribution in [3.63, 3.8) is 0 Å². The minimum absolute atomic E-state index is 0.0651. The van der Waals surface area contributed by atoms with Gasteiger partial charge in [0.05, 0.1) is 11.1 Å². The van der Waals surface area contributed by atoms with Crippen LogP contribution in [0.5, 0.6) is 0 Å². The summed E-state index contributed by atoms with van der Waals surface area (Å²) in [5, 5.41) is 0. The fourth-order valence-corrected chi connectivity index (χ4v) is 1.76. The van der Waals surface area contributed by atoms with E-state index in [1.54, 1.807) is 0 Å². The zero-order valence-corrected chi connectivity index (χ0v) is 9.53. The van der Waals surface area contributed by atoms with Crippen LogP contribution >= 0.6 is 0 Å². The Balaban J connectivity index is 2.83. The fraction of sp³-hybridized carbons (Fsp3) is 0.0769. The molecule has 0 spiro atoms. The van der Waals surface area contributed by atoms with E-state index in [1.807, 2.05) is 0 Å².